The maximum atomic E-state index is 9.69. The minimum absolute atomic E-state index is 0.458. The van der Waals surface area contributed by atoms with E-state index in [-0.39, 0.29) is 0 Å². The molecule has 3 N–H and O–H groups in total. The fourth-order valence-corrected chi connectivity index (χ4v) is 3.31. The molecular weight excluding hydrogens is 330 g/mol. The lowest BCUT2D eigenvalue weighted by atomic mass is 9.90. The summed E-state index contributed by atoms with van der Waals surface area (Å²) >= 11 is 6.05. The Labute approximate surface area is 155 Å². The van der Waals surface area contributed by atoms with Crippen LogP contribution in [-0.4, -0.2) is 0 Å². The van der Waals surface area contributed by atoms with E-state index >= 15 is 0 Å². The Kier molecular flexibility index (Phi) is 7.28. The van der Waals surface area contributed by atoms with Gasteiger partial charge in [0.15, 0.2) is 0 Å². The van der Waals surface area contributed by atoms with E-state index in [9.17, 15) is 5.26 Å². The van der Waals surface area contributed by atoms with E-state index in [1.54, 1.807) is 0 Å². The maximum absolute atomic E-state index is 9.69. The summed E-state index contributed by atoms with van der Waals surface area (Å²) < 4.78 is 0. The molecule has 0 bridgehead atoms. The number of rotatable bonds is 8. The minimum Gasteiger partial charge on any atom is -0.286 e. The SMILES string of the molecule is CCCCCc1[nH+]c(N)c(C#N)c(-c2ccc(Cl)cc2)c1CCCC. The van der Waals surface area contributed by atoms with Crippen molar-refractivity contribution in [2.24, 2.45) is 0 Å². The number of hydrogen-bond acceptors (Lipinski definition) is 2. The molecular formula is C21H27ClN3+. The fourth-order valence-electron chi connectivity index (χ4n) is 3.18. The second-order valence-electron chi connectivity index (χ2n) is 6.43. The Morgan fingerprint density at radius 3 is 2.32 bits per heavy atom. The fraction of sp³-hybridized carbons (Fsp3) is 0.429. The highest BCUT2D eigenvalue weighted by atomic mass is 35.5. The molecule has 3 nitrogen and oxygen atoms in total. The summed E-state index contributed by atoms with van der Waals surface area (Å²) in [5, 5.41) is 10.4. The van der Waals surface area contributed by atoms with Crippen LogP contribution in [0.15, 0.2) is 24.3 Å². The van der Waals surface area contributed by atoms with Crippen molar-refractivity contribution < 1.29 is 4.98 Å². The zero-order chi connectivity index (χ0) is 18.2. The van der Waals surface area contributed by atoms with Gasteiger partial charge in [0.1, 0.15) is 17.3 Å². The van der Waals surface area contributed by atoms with Crippen LogP contribution in [0.4, 0.5) is 5.82 Å². The maximum Gasteiger partial charge on any atom is 0.289 e. The summed E-state index contributed by atoms with van der Waals surface area (Å²) in [5.41, 5.74) is 11.1. The standard InChI is InChI=1S/C21H26ClN3/c1-3-5-7-9-19-17(8-6-4-2)20(18(14-23)21(24)25-19)15-10-12-16(22)13-11-15/h10-13H,3-9H2,1-2H3,(H2,24,25)/p+1. The van der Waals surface area contributed by atoms with Crippen LogP contribution in [0.5, 0.6) is 0 Å². The molecule has 0 aliphatic carbocycles. The van der Waals surface area contributed by atoms with Crippen molar-refractivity contribution >= 4 is 17.4 Å². The van der Waals surface area contributed by atoms with Gasteiger partial charge in [0, 0.05) is 22.6 Å². The molecule has 4 heteroatoms. The number of aryl methyl sites for hydroxylation is 1. The molecule has 0 fully saturated rings. The predicted octanol–water partition coefficient (Wildman–Crippen LogP) is 5.35. The van der Waals surface area contributed by atoms with E-state index in [4.69, 9.17) is 17.3 Å². The first-order chi connectivity index (χ1) is 12.1. The number of H-pyrrole nitrogens is 1. The van der Waals surface area contributed by atoms with Gasteiger partial charge in [-0.3, -0.25) is 5.73 Å². The van der Waals surface area contributed by atoms with Gasteiger partial charge in [0.25, 0.3) is 5.82 Å². The van der Waals surface area contributed by atoms with E-state index in [2.05, 4.69) is 24.9 Å². The highest BCUT2D eigenvalue weighted by Crippen LogP contribution is 2.33. The molecule has 0 saturated carbocycles. The van der Waals surface area contributed by atoms with Gasteiger partial charge in [0.2, 0.25) is 0 Å². The number of nitrogens with one attached hydrogen (secondary N) is 1. The summed E-state index contributed by atoms with van der Waals surface area (Å²) in [5.74, 6) is 0.458. The van der Waals surface area contributed by atoms with Crippen LogP contribution in [-0.2, 0) is 12.8 Å². The van der Waals surface area contributed by atoms with Gasteiger partial charge in [-0.1, -0.05) is 56.8 Å². The number of unbranched alkanes of at least 4 members (excludes halogenated alkanes) is 3. The quantitative estimate of drug-likeness (QED) is 0.648. The van der Waals surface area contributed by atoms with Crippen LogP contribution < -0.4 is 10.7 Å². The molecule has 0 amide bonds. The van der Waals surface area contributed by atoms with Crippen molar-refractivity contribution in [2.75, 3.05) is 5.73 Å². The second-order valence-corrected chi connectivity index (χ2v) is 6.86. The molecule has 0 saturated heterocycles. The largest absolute Gasteiger partial charge is 0.289 e. The number of nitrogen functional groups attached to an aromatic ring is 1. The van der Waals surface area contributed by atoms with Gasteiger partial charge in [-0.15, -0.1) is 0 Å². The van der Waals surface area contributed by atoms with Crippen LogP contribution in [0.3, 0.4) is 0 Å². The number of nitriles is 1. The van der Waals surface area contributed by atoms with Crippen LogP contribution in [0.1, 0.15) is 62.8 Å². The topological polar surface area (TPSA) is 63.9 Å². The first-order valence-electron chi connectivity index (χ1n) is 9.14. The van der Waals surface area contributed by atoms with Crippen LogP contribution >= 0.6 is 11.6 Å². The lowest BCUT2D eigenvalue weighted by molar-refractivity contribution is -0.374. The Morgan fingerprint density at radius 1 is 1.04 bits per heavy atom. The van der Waals surface area contributed by atoms with Gasteiger partial charge in [-0.25, -0.2) is 4.98 Å². The van der Waals surface area contributed by atoms with Crippen LogP contribution in [0, 0.1) is 11.3 Å². The first kappa shape index (κ1) is 19.3. The Balaban J connectivity index is 2.62. The predicted molar refractivity (Wildman–Crippen MR) is 104 cm³/mol. The van der Waals surface area contributed by atoms with E-state index in [1.807, 2.05) is 24.3 Å². The summed E-state index contributed by atoms with van der Waals surface area (Å²) in [4.78, 5) is 3.31. The van der Waals surface area contributed by atoms with E-state index < -0.39 is 0 Å². The third kappa shape index (κ3) is 4.74. The molecule has 1 aromatic heterocycles. The molecule has 0 spiro atoms. The molecule has 0 aliphatic rings. The number of nitrogens with two attached hydrogens (primary N) is 1. The zero-order valence-corrected chi connectivity index (χ0v) is 15.9. The lowest BCUT2D eigenvalue weighted by Crippen LogP contribution is -2.22. The van der Waals surface area contributed by atoms with Gasteiger partial charge in [-0.05, 0) is 37.0 Å². The van der Waals surface area contributed by atoms with Gasteiger partial charge < -0.3 is 0 Å². The molecule has 0 aliphatic heterocycles. The number of anilines is 1. The number of aromatic nitrogens is 1. The van der Waals surface area contributed by atoms with Crippen molar-refractivity contribution in [1.82, 2.24) is 0 Å². The second kappa shape index (κ2) is 9.44. The summed E-state index contributed by atoms with van der Waals surface area (Å²) in [7, 11) is 0. The van der Waals surface area contributed by atoms with Crippen molar-refractivity contribution in [3.05, 3.63) is 46.1 Å². The monoisotopic (exact) mass is 356 g/mol. The van der Waals surface area contributed by atoms with Crippen molar-refractivity contribution in [3.8, 4) is 17.2 Å². The lowest BCUT2D eigenvalue weighted by Gasteiger charge is -2.15. The molecule has 2 aromatic rings. The number of pyridine rings is 1. The molecule has 1 aromatic carbocycles. The summed E-state index contributed by atoms with van der Waals surface area (Å²) in [6, 6.07) is 9.98. The van der Waals surface area contributed by atoms with Crippen molar-refractivity contribution in [2.45, 2.75) is 58.8 Å². The smallest absolute Gasteiger partial charge is 0.286 e. The molecule has 1 heterocycles. The van der Waals surface area contributed by atoms with Gasteiger partial charge in [-0.2, -0.15) is 5.26 Å². The molecule has 0 atom stereocenters. The number of benzene rings is 1. The van der Waals surface area contributed by atoms with Crippen LogP contribution in [0.2, 0.25) is 5.02 Å². The number of nitrogens with zero attached hydrogens (tertiary/aromatic N) is 1. The molecule has 0 radical (unpaired) electrons. The Hall–Kier alpha value is -2.05. The molecule has 132 valence electrons. The Morgan fingerprint density at radius 2 is 1.72 bits per heavy atom. The normalized spacial score (nSPS) is 10.6. The van der Waals surface area contributed by atoms with E-state index in [1.165, 1.54) is 24.1 Å². The van der Waals surface area contributed by atoms with E-state index in [0.717, 1.165) is 43.2 Å². The third-order valence-electron chi connectivity index (χ3n) is 4.53. The van der Waals surface area contributed by atoms with Crippen molar-refractivity contribution in [3.63, 3.8) is 0 Å². The van der Waals surface area contributed by atoms with Gasteiger partial charge in [0.05, 0.1) is 0 Å². The highest BCUT2D eigenvalue weighted by molar-refractivity contribution is 6.30. The first-order valence-corrected chi connectivity index (χ1v) is 9.52. The number of aromatic amines is 1. The highest BCUT2D eigenvalue weighted by Gasteiger charge is 2.22. The third-order valence-corrected chi connectivity index (χ3v) is 4.78. The van der Waals surface area contributed by atoms with E-state index in [0.29, 0.717) is 16.4 Å². The van der Waals surface area contributed by atoms with Gasteiger partial charge >= 0.3 is 0 Å². The summed E-state index contributed by atoms with van der Waals surface area (Å²) in [6.45, 7) is 4.39. The zero-order valence-electron chi connectivity index (χ0n) is 15.2. The number of halogens is 1. The summed E-state index contributed by atoms with van der Waals surface area (Å²) in [6.07, 6.45) is 7.60. The number of hydrogen-bond donors (Lipinski definition) is 1. The molecule has 0 unspecified atom stereocenters. The average Bonchev–Trinajstić information content (AvgIpc) is 2.61. The van der Waals surface area contributed by atoms with Crippen molar-refractivity contribution in [1.29, 1.82) is 5.26 Å². The minimum atomic E-state index is 0.458. The molecule has 25 heavy (non-hydrogen) atoms. The molecule has 2 rings (SSSR count). The Bertz CT molecular complexity index is 745. The van der Waals surface area contributed by atoms with Crippen LogP contribution in [0.25, 0.3) is 11.1 Å². The average molecular weight is 357 g/mol.